The molecule has 2 N–H and O–H groups in total. The Kier molecular flexibility index (Phi) is 4.10. The maximum absolute atomic E-state index is 5.67. The highest BCUT2D eigenvalue weighted by atomic mass is 32.2. The normalized spacial score (nSPS) is 10.4. The minimum Gasteiger partial charge on any atom is -0.399 e. The minimum atomic E-state index is 0.814. The Bertz CT molecular complexity index is 477. The number of benzene rings is 2. The molecule has 0 saturated carbocycles. The molecule has 0 radical (unpaired) electrons. The number of hydrogen-bond donors (Lipinski definition) is 1. The second-order valence-electron chi connectivity index (χ2n) is 4.07. The lowest BCUT2D eigenvalue weighted by atomic mass is 10.1. The second-order valence-corrected chi connectivity index (χ2v) is 5.22. The van der Waals surface area contributed by atoms with Crippen molar-refractivity contribution in [3.8, 4) is 0 Å². The summed E-state index contributed by atoms with van der Waals surface area (Å²) in [6.45, 7) is 2.21. The lowest BCUT2D eigenvalue weighted by Gasteiger charge is -2.04. The molecule has 1 nitrogen and oxygen atoms in total. The fourth-order valence-corrected chi connectivity index (χ4v) is 2.63. The zero-order valence-corrected chi connectivity index (χ0v) is 10.8. The second kappa shape index (κ2) is 5.78. The molecule has 2 aromatic carbocycles. The van der Waals surface area contributed by atoms with Crippen molar-refractivity contribution in [3.63, 3.8) is 0 Å². The maximum atomic E-state index is 5.67. The Hall–Kier alpha value is -1.41. The molecule has 0 aliphatic heterocycles. The van der Waals surface area contributed by atoms with Gasteiger partial charge in [0.1, 0.15) is 0 Å². The summed E-state index contributed by atoms with van der Waals surface area (Å²) in [6.07, 6.45) is 2.34. The number of rotatable bonds is 4. The quantitative estimate of drug-likeness (QED) is 0.807. The molecule has 0 amide bonds. The van der Waals surface area contributed by atoms with Crippen LogP contribution in [-0.4, -0.2) is 0 Å². The topological polar surface area (TPSA) is 26.0 Å². The van der Waals surface area contributed by atoms with E-state index in [-0.39, 0.29) is 0 Å². The van der Waals surface area contributed by atoms with Crippen LogP contribution in [0.5, 0.6) is 0 Å². The van der Waals surface area contributed by atoms with Crippen molar-refractivity contribution in [2.75, 3.05) is 5.73 Å². The largest absolute Gasteiger partial charge is 0.399 e. The summed E-state index contributed by atoms with van der Waals surface area (Å²) in [7, 11) is 0. The van der Waals surface area contributed by atoms with Crippen molar-refractivity contribution in [1.29, 1.82) is 0 Å². The van der Waals surface area contributed by atoms with E-state index in [1.165, 1.54) is 21.8 Å². The summed E-state index contributed by atoms with van der Waals surface area (Å²) < 4.78 is 0. The fraction of sp³-hybridized carbons (Fsp3) is 0.200. The molecule has 0 fully saturated rings. The predicted molar refractivity (Wildman–Crippen MR) is 75.4 cm³/mol. The van der Waals surface area contributed by atoms with Crippen LogP contribution >= 0.6 is 11.8 Å². The predicted octanol–water partition coefficient (Wildman–Crippen LogP) is 4.37. The third-order valence-corrected chi connectivity index (χ3v) is 3.55. The van der Waals surface area contributed by atoms with E-state index in [0.717, 1.165) is 12.1 Å². The monoisotopic (exact) mass is 243 g/mol. The van der Waals surface area contributed by atoms with Gasteiger partial charge in [-0.05, 0) is 48.4 Å². The van der Waals surface area contributed by atoms with Crippen molar-refractivity contribution in [1.82, 2.24) is 0 Å². The molecule has 0 bridgehead atoms. The molecule has 0 saturated heterocycles. The van der Waals surface area contributed by atoms with E-state index < -0.39 is 0 Å². The molecule has 0 unspecified atom stereocenters. The van der Waals surface area contributed by atoms with E-state index in [9.17, 15) is 0 Å². The molecule has 88 valence electrons. The number of anilines is 1. The molecule has 0 aliphatic rings. The first-order chi connectivity index (χ1) is 8.28. The highest BCUT2D eigenvalue weighted by Gasteiger charge is 1.98. The van der Waals surface area contributed by atoms with E-state index in [1.54, 1.807) is 11.8 Å². The highest BCUT2D eigenvalue weighted by molar-refractivity contribution is 7.99. The summed E-state index contributed by atoms with van der Waals surface area (Å²) in [6, 6.07) is 16.8. The van der Waals surface area contributed by atoms with Crippen LogP contribution < -0.4 is 5.73 Å². The molecule has 0 atom stereocenters. The van der Waals surface area contributed by atoms with Crippen LogP contribution in [0.3, 0.4) is 0 Å². The van der Waals surface area contributed by atoms with E-state index in [1.807, 2.05) is 12.1 Å². The Morgan fingerprint density at radius 2 is 1.76 bits per heavy atom. The molecule has 0 spiro atoms. The van der Waals surface area contributed by atoms with Gasteiger partial charge in [0.2, 0.25) is 0 Å². The zero-order valence-electron chi connectivity index (χ0n) is 10.0. The SMILES string of the molecule is CCCc1cccc(Sc2ccc(N)cc2)c1. The Morgan fingerprint density at radius 3 is 2.47 bits per heavy atom. The summed E-state index contributed by atoms with van der Waals surface area (Å²) in [5.74, 6) is 0. The van der Waals surface area contributed by atoms with Crippen molar-refractivity contribution < 1.29 is 0 Å². The van der Waals surface area contributed by atoms with Gasteiger partial charge in [0.15, 0.2) is 0 Å². The van der Waals surface area contributed by atoms with Crippen LogP contribution in [0, 0.1) is 0 Å². The van der Waals surface area contributed by atoms with Gasteiger partial charge in [-0.3, -0.25) is 0 Å². The standard InChI is InChI=1S/C15H17NS/c1-2-4-12-5-3-6-15(11-12)17-14-9-7-13(16)8-10-14/h3,5-11H,2,4,16H2,1H3. The number of hydrogen-bond acceptors (Lipinski definition) is 2. The smallest absolute Gasteiger partial charge is 0.0314 e. The highest BCUT2D eigenvalue weighted by Crippen LogP contribution is 2.28. The van der Waals surface area contributed by atoms with E-state index in [0.29, 0.717) is 0 Å². The zero-order chi connectivity index (χ0) is 12.1. The molecule has 2 aromatic rings. The van der Waals surface area contributed by atoms with Crippen LogP contribution in [0.1, 0.15) is 18.9 Å². The summed E-state index contributed by atoms with van der Waals surface area (Å²) in [5.41, 5.74) is 7.90. The minimum absolute atomic E-state index is 0.814. The molecule has 2 rings (SSSR count). The first-order valence-corrected chi connectivity index (χ1v) is 6.72. The average molecular weight is 243 g/mol. The lowest BCUT2D eigenvalue weighted by molar-refractivity contribution is 0.918. The lowest BCUT2D eigenvalue weighted by Crippen LogP contribution is -1.84. The van der Waals surface area contributed by atoms with Gasteiger partial charge in [-0.15, -0.1) is 0 Å². The Balaban J connectivity index is 2.12. The molecule has 0 aromatic heterocycles. The van der Waals surface area contributed by atoms with Crippen molar-refractivity contribution >= 4 is 17.4 Å². The first kappa shape index (κ1) is 12.1. The third-order valence-electron chi connectivity index (χ3n) is 2.55. The van der Waals surface area contributed by atoms with Crippen molar-refractivity contribution in [2.24, 2.45) is 0 Å². The van der Waals surface area contributed by atoms with Gasteiger partial charge in [-0.25, -0.2) is 0 Å². The number of nitrogens with two attached hydrogens (primary N) is 1. The van der Waals surface area contributed by atoms with Gasteiger partial charge in [0, 0.05) is 15.5 Å². The van der Waals surface area contributed by atoms with Crippen molar-refractivity contribution in [3.05, 3.63) is 54.1 Å². The number of aryl methyl sites for hydroxylation is 1. The van der Waals surface area contributed by atoms with Gasteiger partial charge >= 0.3 is 0 Å². The summed E-state index contributed by atoms with van der Waals surface area (Å²) in [4.78, 5) is 2.52. The van der Waals surface area contributed by atoms with Gasteiger partial charge < -0.3 is 5.73 Å². The third kappa shape index (κ3) is 3.53. The van der Waals surface area contributed by atoms with Gasteiger partial charge in [0.05, 0.1) is 0 Å². The molecule has 17 heavy (non-hydrogen) atoms. The summed E-state index contributed by atoms with van der Waals surface area (Å²) >= 11 is 1.78. The van der Waals surface area contributed by atoms with Gasteiger partial charge in [0.25, 0.3) is 0 Å². The fourth-order valence-electron chi connectivity index (χ4n) is 1.73. The van der Waals surface area contributed by atoms with Gasteiger partial charge in [-0.2, -0.15) is 0 Å². The Morgan fingerprint density at radius 1 is 1.00 bits per heavy atom. The molecule has 0 heterocycles. The van der Waals surface area contributed by atoms with Crippen molar-refractivity contribution in [2.45, 2.75) is 29.6 Å². The molecule has 0 aliphatic carbocycles. The molecular formula is C15H17NS. The molecular weight excluding hydrogens is 226 g/mol. The summed E-state index contributed by atoms with van der Waals surface area (Å²) in [5, 5.41) is 0. The van der Waals surface area contributed by atoms with Crippen LogP contribution in [0.4, 0.5) is 5.69 Å². The van der Waals surface area contributed by atoms with Gasteiger partial charge in [-0.1, -0.05) is 37.2 Å². The van der Waals surface area contributed by atoms with Crippen LogP contribution in [0.2, 0.25) is 0 Å². The maximum Gasteiger partial charge on any atom is 0.0314 e. The average Bonchev–Trinajstić information content (AvgIpc) is 2.33. The first-order valence-electron chi connectivity index (χ1n) is 5.90. The van der Waals surface area contributed by atoms with E-state index in [2.05, 4.69) is 43.3 Å². The Labute approximate surface area is 107 Å². The van der Waals surface area contributed by atoms with Crippen LogP contribution in [0.15, 0.2) is 58.3 Å². The molecule has 2 heteroatoms. The van der Waals surface area contributed by atoms with Crippen LogP contribution in [0.25, 0.3) is 0 Å². The van der Waals surface area contributed by atoms with E-state index >= 15 is 0 Å². The van der Waals surface area contributed by atoms with Crippen LogP contribution in [-0.2, 0) is 6.42 Å². The number of nitrogen functional groups attached to an aromatic ring is 1. The van der Waals surface area contributed by atoms with E-state index in [4.69, 9.17) is 5.73 Å².